The SMILES string of the molecule is COc1cc(-c2nc3ccccc3c(=O)n2N=Cc2cc(Br)ccc2OC(=O)c2ccc(Cl)cc2)cc(OC)c1OC. The molecule has 0 aliphatic carbocycles. The highest BCUT2D eigenvalue weighted by atomic mass is 79.9. The van der Waals surface area contributed by atoms with Crippen LogP contribution in [0.2, 0.25) is 5.02 Å². The normalized spacial score (nSPS) is 11.1. The lowest BCUT2D eigenvalue weighted by atomic mass is 10.1. The van der Waals surface area contributed by atoms with Gasteiger partial charge < -0.3 is 18.9 Å². The number of hydrogen-bond acceptors (Lipinski definition) is 8. The van der Waals surface area contributed by atoms with E-state index in [2.05, 4.69) is 21.0 Å². The van der Waals surface area contributed by atoms with Crippen LogP contribution in [0, 0.1) is 0 Å². The van der Waals surface area contributed by atoms with E-state index >= 15 is 0 Å². The van der Waals surface area contributed by atoms with Crippen LogP contribution in [-0.2, 0) is 0 Å². The fourth-order valence-electron chi connectivity index (χ4n) is 4.21. The van der Waals surface area contributed by atoms with Gasteiger partial charge in [-0.3, -0.25) is 4.79 Å². The molecule has 0 spiro atoms. The van der Waals surface area contributed by atoms with Crippen molar-refractivity contribution in [2.24, 2.45) is 5.10 Å². The van der Waals surface area contributed by atoms with E-state index in [1.807, 2.05) is 0 Å². The van der Waals surface area contributed by atoms with Crippen molar-refractivity contribution in [3.63, 3.8) is 0 Å². The lowest BCUT2D eigenvalue weighted by Crippen LogP contribution is -2.20. The molecule has 0 N–H and O–H groups in total. The minimum atomic E-state index is -0.578. The van der Waals surface area contributed by atoms with Crippen molar-refractivity contribution in [2.45, 2.75) is 0 Å². The summed E-state index contributed by atoms with van der Waals surface area (Å²) in [6.45, 7) is 0. The quantitative estimate of drug-likeness (QED) is 0.106. The number of methoxy groups -OCH3 is 3. The first-order valence-corrected chi connectivity index (χ1v) is 13.6. The molecule has 0 saturated heterocycles. The van der Waals surface area contributed by atoms with Gasteiger partial charge in [0.1, 0.15) is 5.75 Å². The van der Waals surface area contributed by atoms with E-state index in [-0.39, 0.29) is 11.6 Å². The largest absolute Gasteiger partial charge is 0.493 e. The highest BCUT2D eigenvalue weighted by molar-refractivity contribution is 9.10. The summed E-state index contributed by atoms with van der Waals surface area (Å²) in [5, 5.41) is 5.39. The number of aromatic nitrogens is 2. The number of esters is 1. The number of carbonyl (C=O) groups is 1. The summed E-state index contributed by atoms with van der Waals surface area (Å²) in [6, 6.07) is 21.7. The zero-order valence-corrected chi connectivity index (χ0v) is 25.0. The first kappa shape index (κ1) is 28.8. The minimum Gasteiger partial charge on any atom is -0.493 e. The van der Waals surface area contributed by atoms with Crippen LogP contribution in [0.4, 0.5) is 0 Å². The zero-order valence-electron chi connectivity index (χ0n) is 22.6. The monoisotopic (exact) mass is 647 g/mol. The Morgan fingerprint density at radius 1 is 0.905 bits per heavy atom. The van der Waals surface area contributed by atoms with E-state index in [1.54, 1.807) is 78.9 Å². The number of fused-ring (bicyclic) bond motifs is 1. The Hall–Kier alpha value is -4.67. The first-order valence-electron chi connectivity index (χ1n) is 12.5. The van der Waals surface area contributed by atoms with Crippen molar-refractivity contribution >= 4 is 50.6 Å². The topological polar surface area (TPSA) is 101 Å². The lowest BCUT2D eigenvalue weighted by Gasteiger charge is -2.15. The molecule has 5 aromatic rings. The number of para-hydroxylation sites is 1. The summed E-state index contributed by atoms with van der Waals surface area (Å²) >= 11 is 9.39. The molecule has 9 nitrogen and oxygen atoms in total. The van der Waals surface area contributed by atoms with E-state index in [0.717, 1.165) is 0 Å². The molecule has 4 aromatic carbocycles. The van der Waals surface area contributed by atoms with Gasteiger partial charge in [-0.2, -0.15) is 9.78 Å². The predicted octanol–water partition coefficient (Wildman–Crippen LogP) is 6.61. The maximum Gasteiger partial charge on any atom is 0.343 e. The van der Waals surface area contributed by atoms with Crippen molar-refractivity contribution in [2.75, 3.05) is 21.3 Å². The number of ether oxygens (including phenoxy) is 4. The number of halogens is 2. The van der Waals surface area contributed by atoms with Crippen LogP contribution in [0.1, 0.15) is 15.9 Å². The third kappa shape index (κ3) is 5.86. The van der Waals surface area contributed by atoms with Gasteiger partial charge >= 0.3 is 5.97 Å². The molecule has 1 heterocycles. The summed E-state index contributed by atoms with van der Waals surface area (Å²) in [4.78, 5) is 31.3. The van der Waals surface area contributed by atoms with Gasteiger partial charge in [0.2, 0.25) is 5.75 Å². The maximum atomic E-state index is 13.7. The van der Waals surface area contributed by atoms with Crippen molar-refractivity contribution in [1.29, 1.82) is 0 Å². The Morgan fingerprint density at radius 2 is 1.60 bits per heavy atom. The summed E-state index contributed by atoms with van der Waals surface area (Å²) in [6.07, 6.45) is 1.43. The van der Waals surface area contributed by atoms with Crippen molar-refractivity contribution in [3.8, 4) is 34.4 Å². The smallest absolute Gasteiger partial charge is 0.343 e. The molecule has 0 fully saturated rings. The number of hydrogen-bond donors (Lipinski definition) is 0. The fourth-order valence-corrected chi connectivity index (χ4v) is 4.71. The van der Waals surface area contributed by atoms with Gasteiger partial charge in [0, 0.05) is 20.6 Å². The molecular weight excluding hydrogens is 626 g/mol. The summed E-state index contributed by atoms with van der Waals surface area (Å²) in [5.74, 6) is 1.04. The molecule has 5 rings (SSSR count). The molecule has 0 bridgehead atoms. The van der Waals surface area contributed by atoms with Crippen molar-refractivity contribution in [3.05, 3.63) is 110 Å². The summed E-state index contributed by atoms with van der Waals surface area (Å²) < 4.78 is 24.0. The van der Waals surface area contributed by atoms with Crippen LogP contribution in [0.5, 0.6) is 23.0 Å². The molecule has 1 aromatic heterocycles. The van der Waals surface area contributed by atoms with Crippen LogP contribution >= 0.6 is 27.5 Å². The van der Waals surface area contributed by atoms with E-state index in [0.29, 0.717) is 54.3 Å². The third-order valence-corrected chi connectivity index (χ3v) is 6.99. The van der Waals surface area contributed by atoms with Gasteiger partial charge in [0.05, 0.1) is 44.0 Å². The number of carbonyl (C=O) groups excluding carboxylic acids is 1. The van der Waals surface area contributed by atoms with E-state index in [4.69, 9.17) is 35.5 Å². The Balaban J connectivity index is 1.64. The van der Waals surface area contributed by atoms with Gasteiger partial charge in [-0.1, -0.05) is 39.7 Å². The van der Waals surface area contributed by atoms with Crippen LogP contribution in [0.15, 0.2) is 93.2 Å². The van der Waals surface area contributed by atoms with E-state index < -0.39 is 11.5 Å². The molecule has 0 aliphatic heterocycles. The van der Waals surface area contributed by atoms with Crippen LogP contribution in [-0.4, -0.2) is 43.2 Å². The summed E-state index contributed by atoms with van der Waals surface area (Å²) in [7, 11) is 4.50. The van der Waals surface area contributed by atoms with E-state index in [9.17, 15) is 9.59 Å². The van der Waals surface area contributed by atoms with Crippen molar-refractivity contribution < 1.29 is 23.7 Å². The second-order valence-electron chi connectivity index (χ2n) is 8.81. The Morgan fingerprint density at radius 3 is 2.26 bits per heavy atom. The molecule has 42 heavy (non-hydrogen) atoms. The molecule has 0 amide bonds. The highest BCUT2D eigenvalue weighted by Crippen LogP contribution is 2.41. The van der Waals surface area contributed by atoms with Crippen molar-refractivity contribution in [1.82, 2.24) is 9.66 Å². The van der Waals surface area contributed by atoms with Crippen LogP contribution < -0.4 is 24.5 Å². The van der Waals surface area contributed by atoms with Gasteiger partial charge in [-0.25, -0.2) is 9.78 Å². The Labute approximate surface area is 254 Å². The average molecular weight is 649 g/mol. The molecule has 11 heteroatoms. The number of rotatable bonds is 8. The zero-order chi connectivity index (χ0) is 29.8. The second kappa shape index (κ2) is 12.5. The van der Waals surface area contributed by atoms with Gasteiger partial charge in [-0.15, -0.1) is 0 Å². The Bertz CT molecular complexity index is 1860. The highest BCUT2D eigenvalue weighted by Gasteiger charge is 2.19. The molecule has 212 valence electrons. The van der Waals surface area contributed by atoms with Crippen LogP contribution in [0.25, 0.3) is 22.3 Å². The van der Waals surface area contributed by atoms with Gasteiger partial charge in [0.25, 0.3) is 5.56 Å². The average Bonchev–Trinajstić information content (AvgIpc) is 3.01. The second-order valence-corrected chi connectivity index (χ2v) is 10.2. The lowest BCUT2D eigenvalue weighted by molar-refractivity contribution is 0.0734. The standard InChI is InChI=1S/C31H23BrClN3O6/c1-39-26-15-19(16-27(40-2)28(26)41-3)29-35-24-7-5-4-6-23(24)30(37)36(29)34-17-20-14-21(32)10-13-25(20)42-31(38)18-8-11-22(33)12-9-18/h4-17H,1-3H3. The third-order valence-electron chi connectivity index (χ3n) is 6.24. The first-order chi connectivity index (χ1) is 20.3. The van der Waals surface area contributed by atoms with Gasteiger partial charge in [-0.05, 0) is 66.7 Å². The number of nitrogens with zero attached hydrogens (tertiary/aromatic N) is 3. The predicted molar refractivity (Wildman–Crippen MR) is 165 cm³/mol. The summed E-state index contributed by atoms with van der Waals surface area (Å²) in [5.41, 5.74) is 1.33. The molecule has 0 unspecified atom stereocenters. The molecule has 0 atom stereocenters. The van der Waals surface area contributed by atoms with E-state index in [1.165, 1.54) is 32.2 Å². The van der Waals surface area contributed by atoms with Gasteiger partial charge in [0.15, 0.2) is 17.3 Å². The van der Waals surface area contributed by atoms with Crippen LogP contribution in [0.3, 0.4) is 0 Å². The molecular formula is C31H23BrClN3O6. The Kier molecular flexibility index (Phi) is 8.56. The molecule has 0 radical (unpaired) electrons. The fraction of sp³-hybridized carbons (Fsp3) is 0.0968. The number of benzene rings is 4. The molecule has 0 saturated carbocycles. The molecule has 0 aliphatic rings. The maximum absolute atomic E-state index is 13.7. The minimum absolute atomic E-state index is 0.226.